The van der Waals surface area contributed by atoms with Crippen molar-refractivity contribution in [3.05, 3.63) is 71.6 Å². The van der Waals surface area contributed by atoms with E-state index in [4.69, 9.17) is 0 Å². The third-order valence-electron chi connectivity index (χ3n) is 3.86. The van der Waals surface area contributed by atoms with E-state index in [-0.39, 0.29) is 11.9 Å². The van der Waals surface area contributed by atoms with Crippen molar-refractivity contribution < 1.29 is 4.79 Å². The first-order valence-corrected chi connectivity index (χ1v) is 8.04. The van der Waals surface area contributed by atoms with Gasteiger partial charge in [-0.2, -0.15) is 5.10 Å². The number of benzene rings is 1. The molecule has 0 aliphatic carbocycles. The number of hydrogen-bond donors (Lipinski definition) is 2. The average molecular weight is 323 g/mol. The minimum Gasteiger partial charge on any atom is -0.344 e. The molecule has 1 atom stereocenters. The van der Waals surface area contributed by atoms with Crippen LogP contribution in [0.2, 0.25) is 0 Å². The van der Waals surface area contributed by atoms with Crippen LogP contribution in [-0.4, -0.2) is 25.7 Å². The Bertz CT molecular complexity index is 806. The van der Waals surface area contributed by atoms with Crippen LogP contribution in [0, 0.1) is 6.92 Å². The molecule has 1 unspecified atom stereocenters. The summed E-state index contributed by atoms with van der Waals surface area (Å²) in [5.41, 5.74) is 2.66. The lowest BCUT2D eigenvalue weighted by atomic mass is 10.1. The van der Waals surface area contributed by atoms with E-state index >= 15 is 0 Å². The zero-order valence-electron chi connectivity index (χ0n) is 13.9. The number of nitrogens with zero attached hydrogens (tertiary/aromatic N) is 3. The number of aromatic nitrogens is 4. The van der Waals surface area contributed by atoms with Gasteiger partial charge in [-0.05, 0) is 37.1 Å². The van der Waals surface area contributed by atoms with Crippen LogP contribution in [0.4, 0.5) is 0 Å². The number of aryl methyl sites for hydroxylation is 1. The smallest absolute Gasteiger partial charge is 0.251 e. The number of nitrogens with one attached hydrogen (secondary N) is 2. The van der Waals surface area contributed by atoms with Crippen molar-refractivity contribution in [3.8, 4) is 0 Å². The molecule has 0 saturated heterocycles. The molecule has 3 aromatic rings. The van der Waals surface area contributed by atoms with Crippen molar-refractivity contribution in [3.63, 3.8) is 0 Å². The van der Waals surface area contributed by atoms with Gasteiger partial charge in [-0.1, -0.05) is 19.1 Å². The fourth-order valence-corrected chi connectivity index (χ4v) is 2.61. The Balaban J connectivity index is 1.72. The summed E-state index contributed by atoms with van der Waals surface area (Å²) >= 11 is 0. The molecule has 6 nitrogen and oxygen atoms in total. The van der Waals surface area contributed by atoms with Gasteiger partial charge in [0.2, 0.25) is 0 Å². The summed E-state index contributed by atoms with van der Waals surface area (Å²) in [4.78, 5) is 20.1. The lowest BCUT2D eigenvalue weighted by Gasteiger charge is -2.15. The maximum Gasteiger partial charge on any atom is 0.251 e. The van der Waals surface area contributed by atoms with Gasteiger partial charge < -0.3 is 10.3 Å². The molecule has 2 N–H and O–H groups in total. The third kappa shape index (κ3) is 3.71. The lowest BCUT2D eigenvalue weighted by molar-refractivity contribution is 0.0933. The van der Waals surface area contributed by atoms with E-state index in [2.05, 4.69) is 20.4 Å². The molecule has 2 aromatic heterocycles. The molecule has 6 heteroatoms. The molecule has 2 heterocycles. The van der Waals surface area contributed by atoms with E-state index < -0.39 is 0 Å². The highest BCUT2D eigenvalue weighted by Gasteiger charge is 2.16. The second-order valence-corrected chi connectivity index (χ2v) is 5.79. The number of hydrogen-bond acceptors (Lipinski definition) is 3. The Hall–Kier alpha value is -2.89. The topological polar surface area (TPSA) is 75.6 Å². The van der Waals surface area contributed by atoms with E-state index in [1.807, 2.05) is 55.1 Å². The first-order valence-electron chi connectivity index (χ1n) is 8.04. The first kappa shape index (κ1) is 16.0. The summed E-state index contributed by atoms with van der Waals surface area (Å²) in [6, 6.07) is 9.37. The molecular formula is C18H21N5O. The first-order chi connectivity index (χ1) is 11.7. The summed E-state index contributed by atoms with van der Waals surface area (Å²) in [7, 11) is 0. The third-order valence-corrected chi connectivity index (χ3v) is 3.86. The Labute approximate surface area is 140 Å². The summed E-state index contributed by atoms with van der Waals surface area (Å²) < 4.78 is 1.83. The highest BCUT2D eigenvalue weighted by atomic mass is 16.1. The van der Waals surface area contributed by atoms with Gasteiger partial charge in [0.15, 0.2) is 0 Å². The number of H-pyrrole nitrogens is 1. The van der Waals surface area contributed by atoms with Crippen LogP contribution in [0.3, 0.4) is 0 Å². The zero-order chi connectivity index (χ0) is 16.9. The fraction of sp³-hybridized carbons (Fsp3) is 0.278. The van der Waals surface area contributed by atoms with Crippen LogP contribution in [0.25, 0.3) is 0 Å². The molecule has 0 saturated carbocycles. The Morgan fingerprint density at radius 2 is 2.25 bits per heavy atom. The summed E-state index contributed by atoms with van der Waals surface area (Å²) in [6.45, 7) is 4.61. The van der Waals surface area contributed by atoms with Gasteiger partial charge in [0.1, 0.15) is 5.82 Å². The predicted molar refractivity (Wildman–Crippen MR) is 91.6 cm³/mol. The molecule has 0 bridgehead atoms. The number of amides is 1. The zero-order valence-corrected chi connectivity index (χ0v) is 13.9. The van der Waals surface area contributed by atoms with Gasteiger partial charge in [-0.15, -0.1) is 0 Å². The number of carbonyl (C=O) groups excluding carboxylic acids is 1. The molecule has 0 spiro atoms. The number of aromatic amines is 1. The predicted octanol–water partition coefficient (Wildman–Crippen LogP) is 2.84. The minimum absolute atomic E-state index is 0.0989. The van der Waals surface area contributed by atoms with Crippen LogP contribution in [0.15, 0.2) is 48.9 Å². The van der Waals surface area contributed by atoms with Crippen LogP contribution in [0.5, 0.6) is 0 Å². The molecule has 1 amide bonds. The SMILES string of the molecule is CCC(NC(=O)c1cccc(Cn2cccn2)c1)c1ncc(C)[nH]1. The molecule has 124 valence electrons. The van der Waals surface area contributed by atoms with Gasteiger partial charge in [0, 0.05) is 29.8 Å². The summed E-state index contributed by atoms with van der Waals surface area (Å²) in [6.07, 6.45) is 6.19. The van der Waals surface area contributed by atoms with Gasteiger partial charge in [0.25, 0.3) is 5.91 Å². The molecule has 0 radical (unpaired) electrons. The monoisotopic (exact) mass is 323 g/mol. The van der Waals surface area contributed by atoms with Crippen molar-refractivity contribution in [2.75, 3.05) is 0 Å². The van der Waals surface area contributed by atoms with Crippen LogP contribution >= 0.6 is 0 Å². The lowest BCUT2D eigenvalue weighted by Crippen LogP contribution is -2.29. The normalized spacial score (nSPS) is 12.1. The Morgan fingerprint density at radius 3 is 2.92 bits per heavy atom. The standard InChI is InChI=1S/C18H21N5O/c1-3-16(17-19-11-13(2)21-17)22-18(24)15-7-4-6-14(10-15)12-23-9-5-8-20-23/h4-11,16H,3,12H2,1-2H3,(H,19,21)(H,22,24). The maximum absolute atomic E-state index is 12.6. The molecule has 1 aromatic carbocycles. The summed E-state index contributed by atoms with van der Waals surface area (Å²) in [5.74, 6) is 0.689. The molecule has 0 fully saturated rings. The second kappa shape index (κ2) is 7.12. The minimum atomic E-state index is -0.124. The van der Waals surface area contributed by atoms with Gasteiger partial charge in [-0.25, -0.2) is 4.98 Å². The van der Waals surface area contributed by atoms with Crippen molar-refractivity contribution >= 4 is 5.91 Å². The van der Waals surface area contributed by atoms with Crippen molar-refractivity contribution in [2.24, 2.45) is 0 Å². The van der Waals surface area contributed by atoms with Crippen molar-refractivity contribution in [1.82, 2.24) is 25.1 Å². The number of carbonyl (C=O) groups is 1. The van der Waals surface area contributed by atoms with Crippen LogP contribution < -0.4 is 5.32 Å². The molecular weight excluding hydrogens is 302 g/mol. The van der Waals surface area contributed by atoms with Crippen LogP contribution in [-0.2, 0) is 6.54 Å². The largest absolute Gasteiger partial charge is 0.344 e. The van der Waals surface area contributed by atoms with E-state index in [0.29, 0.717) is 12.1 Å². The van der Waals surface area contributed by atoms with Gasteiger partial charge >= 0.3 is 0 Å². The van der Waals surface area contributed by atoms with Crippen molar-refractivity contribution in [2.45, 2.75) is 32.9 Å². The van der Waals surface area contributed by atoms with E-state index in [9.17, 15) is 4.79 Å². The van der Waals surface area contributed by atoms with Crippen LogP contribution in [0.1, 0.15) is 46.8 Å². The van der Waals surface area contributed by atoms with E-state index in [1.54, 1.807) is 12.4 Å². The molecule has 0 aliphatic rings. The second-order valence-electron chi connectivity index (χ2n) is 5.79. The average Bonchev–Trinajstić information content (AvgIpc) is 3.24. The molecule has 3 rings (SSSR count). The molecule has 0 aliphatic heterocycles. The van der Waals surface area contributed by atoms with Gasteiger partial charge in [-0.3, -0.25) is 9.48 Å². The Kier molecular flexibility index (Phi) is 4.74. The molecule has 24 heavy (non-hydrogen) atoms. The summed E-state index contributed by atoms with van der Waals surface area (Å²) in [5, 5.41) is 7.24. The Morgan fingerprint density at radius 1 is 1.38 bits per heavy atom. The highest BCUT2D eigenvalue weighted by molar-refractivity contribution is 5.94. The highest BCUT2D eigenvalue weighted by Crippen LogP contribution is 2.15. The number of rotatable bonds is 6. The quantitative estimate of drug-likeness (QED) is 0.732. The van der Waals surface area contributed by atoms with Gasteiger partial charge in [0.05, 0.1) is 12.6 Å². The number of imidazole rings is 1. The van der Waals surface area contributed by atoms with E-state index in [0.717, 1.165) is 23.5 Å². The van der Waals surface area contributed by atoms with E-state index in [1.165, 1.54) is 0 Å². The fourth-order valence-electron chi connectivity index (χ4n) is 2.61. The van der Waals surface area contributed by atoms with Crippen molar-refractivity contribution in [1.29, 1.82) is 0 Å². The maximum atomic E-state index is 12.6.